The standard InChI is InChI=1S/C14H16N2OS/c1-15-12-6-5-7-13(18-2)11(12)10-17-14-8-3-4-9-16-14/h3-9,15H,10H2,1-2H3. The minimum atomic E-state index is 0.518. The van der Waals surface area contributed by atoms with Crippen LogP contribution in [0.2, 0.25) is 0 Å². The Hall–Kier alpha value is -1.68. The van der Waals surface area contributed by atoms with Crippen molar-refractivity contribution in [2.45, 2.75) is 11.5 Å². The van der Waals surface area contributed by atoms with Gasteiger partial charge in [0.1, 0.15) is 6.61 Å². The van der Waals surface area contributed by atoms with Gasteiger partial charge in [0.15, 0.2) is 0 Å². The van der Waals surface area contributed by atoms with Crippen molar-refractivity contribution in [1.82, 2.24) is 4.98 Å². The Labute approximate surface area is 112 Å². The van der Waals surface area contributed by atoms with Crippen LogP contribution >= 0.6 is 11.8 Å². The van der Waals surface area contributed by atoms with Crippen molar-refractivity contribution in [3.8, 4) is 5.88 Å². The number of benzene rings is 1. The Kier molecular flexibility index (Phi) is 4.47. The number of aromatic nitrogens is 1. The number of anilines is 1. The highest BCUT2D eigenvalue weighted by Gasteiger charge is 2.07. The van der Waals surface area contributed by atoms with Crippen LogP contribution in [-0.4, -0.2) is 18.3 Å². The molecule has 0 saturated carbocycles. The summed E-state index contributed by atoms with van der Waals surface area (Å²) in [6.07, 6.45) is 3.80. The summed E-state index contributed by atoms with van der Waals surface area (Å²) >= 11 is 1.72. The smallest absolute Gasteiger partial charge is 0.213 e. The zero-order valence-corrected chi connectivity index (χ0v) is 11.3. The predicted octanol–water partition coefficient (Wildman–Crippen LogP) is 3.42. The summed E-state index contributed by atoms with van der Waals surface area (Å²) in [7, 11) is 1.92. The lowest BCUT2D eigenvalue weighted by atomic mass is 10.2. The van der Waals surface area contributed by atoms with Crippen molar-refractivity contribution < 1.29 is 4.74 Å². The Balaban J connectivity index is 2.17. The largest absolute Gasteiger partial charge is 0.473 e. The summed E-state index contributed by atoms with van der Waals surface area (Å²) in [5, 5.41) is 3.19. The van der Waals surface area contributed by atoms with Crippen molar-refractivity contribution in [1.29, 1.82) is 0 Å². The molecule has 3 nitrogen and oxygen atoms in total. The molecule has 2 aromatic rings. The van der Waals surface area contributed by atoms with E-state index in [1.165, 1.54) is 4.90 Å². The van der Waals surface area contributed by atoms with Gasteiger partial charge >= 0.3 is 0 Å². The molecule has 94 valence electrons. The van der Waals surface area contributed by atoms with Crippen LogP contribution in [0.3, 0.4) is 0 Å². The van der Waals surface area contributed by atoms with E-state index in [9.17, 15) is 0 Å². The minimum absolute atomic E-state index is 0.518. The summed E-state index contributed by atoms with van der Waals surface area (Å²) in [5.74, 6) is 0.649. The molecule has 0 unspecified atom stereocenters. The first-order valence-electron chi connectivity index (χ1n) is 5.72. The molecule has 1 heterocycles. The third-order valence-corrected chi connectivity index (χ3v) is 3.45. The molecule has 0 aliphatic carbocycles. The van der Waals surface area contributed by atoms with E-state index in [0.717, 1.165) is 11.3 Å². The second-order valence-corrected chi connectivity index (χ2v) is 4.54. The van der Waals surface area contributed by atoms with Gasteiger partial charge in [0, 0.05) is 35.5 Å². The highest BCUT2D eigenvalue weighted by molar-refractivity contribution is 7.98. The zero-order valence-electron chi connectivity index (χ0n) is 10.5. The fraction of sp³-hybridized carbons (Fsp3) is 0.214. The number of rotatable bonds is 5. The van der Waals surface area contributed by atoms with E-state index in [2.05, 4.69) is 28.7 Å². The summed E-state index contributed by atoms with van der Waals surface area (Å²) in [6, 6.07) is 11.9. The van der Waals surface area contributed by atoms with E-state index in [1.807, 2.05) is 31.3 Å². The lowest BCUT2D eigenvalue weighted by Gasteiger charge is -2.13. The third-order valence-electron chi connectivity index (χ3n) is 2.62. The topological polar surface area (TPSA) is 34.1 Å². The van der Waals surface area contributed by atoms with Gasteiger partial charge in [-0.1, -0.05) is 12.1 Å². The molecule has 0 radical (unpaired) electrons. The van der Waals surface area contributed by atoms with E-state index in [4.69, 9.17) is 4.74 Å². The van der Waals surface area contributed by atoms with Gasteiger partial charge in [-0.15, -0.1) is 11.8 Å². The minimum Gasteiger partial charge on any atom is -0.473 e. The fourth-order valence-corrected chi connectivity index (χ4v) is 2.35. The highest BCUT2D eigenvalue weighted by atomic mass is 32.2. The molecule has 0 spiro atoms. The maximum Gasteiger partial charge on any atom is 0.213 e. The van der Waals surface area contributed by atoms with Gasteiger partial charge in [-0.25, -0.2) is 4.98 Å². The molecule has 1 N–H and O–H groups in total. The Morgan fingerprint density at radius 1 is 1.22 bits per heavy atom. The maximum absolute atomic E-state index is 5.71. The quantitative estimate of drug-likeness (QED) is 0.835. The molecule has 0 fully saturated rings. The van der Waals surface area contributed by atoms with E-state index in [-0.39, 0.29) is 0 Å². The van der Waals surface area contributed by atoms with Crippen molar-refractivity contribution in [3.05, 3.63) is 48.2 Å². The molecule has 0 aliphatic rings. The number of nitrogens with one attached hydrogen (secondary N) is 1. The van der Waals surface area contributed by atoms with Crippen LogP contribution in [0.4, 0.5) is 5.69 Å². The summed E-state index contributed by atoms with van der Waals surface area (Å²) in [6.45, 7) is 0.518. The molecular weight excluding hydrogens is 244 g/mol. The van der Waals surface area contributed by atoms with Gasteiger partial charge in [-0.3, -0.25) is 0 Å². The van der Waals surface area contributed by atoms with Gasteiger partial charge in [0.25, 0.3) is 0 Å². The van der Waals surface area contributed by atoms with Crippen molar-refractivity contribution in [2.75, 3.05) is 18.6 Å². The van der Waals surface area contributed by atoms with Crippen molar-refractivity contribution in [2.24, 2.45) is 0 Å². The SMILES string of the molecule is CNc1cccc(SC)c1COc1ccccn1. The van der Waals surface area contributed by atoms with Gasteiger partial charge in [0.05, 0.1) is 0 Å². The first-order valence-corrected chi connectivity index (χ1v) is 6.95. The van der Waals surface area contributed by atoms with E-state index in [1.54, 1.807) is 18.0 Å². The van der Waals surface area contributed by atoms with Crippen LogP contribution in [0.1, 0.15) is 5.56 Å². The van der Waals surface area contributed by atoms with Crippen LogP contribution in [0.15, 0.2) is 47.5 Å². The van der Waals surface area contributed by atoms with Crippen LogP contribution < -0.4 is 10.1 Å². The first kappa shape index (κ1) is 12.8. The van der Waals surface area contributed by atoms with Crippen LogP contribution in [0, 0.1) is 0 Å². The van der Waals surface area contributed by atoms with Crippen LogP contribution in [-0.2, 0) is 6.61 Å². The molecule has 4 heteroatoms. The molecule has 0 aliphatic heterocycles. The van der Waals surface area contributed by atoms with Gasteiger partial charge in [-0.2, -0.15) is 0 Å². The average Bonchev–Trinajstić information content (AvgIpc) is 2.45. The average molecular weight is 260 g/mol. The number of ether oxygens (including phenoxy) is 1. The van der Waals surface area contributed by atoms with E-state index >= 15 is 0 Å². The predicted molar refractivity (Wildman–Crippen MR) is 76.3 cm³/mol. The zero-order chi connectivity index (χ0) is 12.8. The second kappa shape index (κ2) is 6.31. The molecule has 0 atom stereocenters. The summed E-state index contributed by atoms with van der Waals surface area (Å²) < 4.78 is 5.71. The third kappa shape index (κ3) is 2.96. The fourth-order valence-electron chi connectivity index (χ4n) is 1.72. The number of hydrogen-bond acceptors (Lipinski definition) is 4. The van der Waals surface area contributed by atoms with Crippen LogP contribution in [0.5, 0.6) is 5.88 Å². The number of hydrogen-bond donors (Lipinski definition) is 1. The molecule has 2 rings (SSSR count). The van der Waals surface area contributed by atoms with E-state index in [0.29, 0.717) is 12.5 Å². The van der Waals surface area contributed by atoms with Crippen molar-refractivity contribution >= 4 is 17.4 Å². The Morgan fingerprint density at radius 3 is 2.78 bits per heavy atom. The lowest BCUT2D eigenvalue weighted by Crippen LogP contribution is -2.03. The number of nitrogens with zero attached hydrogens (tertiary/aromatic N) is 1. The molecule has 1 aromatic carbocycles. The maximum atomic E-state index is 5.71. The number of thioether (sulfide) groups is 1. The van der Waals surface area contributed by atoms with E-state index < -0.39 is 0 Å². The molecule has 0 amide bonds. The molecule has 1 aromatic heterocycles. The Morgan fingerprint density at radius 2 is 2.11 bits per heavy atom. The van der Waals surface area contributed by atoms with Gasteiger partial charge < -0.3 is 10.1 Å². The molecule has 18 heavy (non-hydrogen) atoms. The molecular formula is C14H16N2OS. The molecule has 0 saturated heterocycles. The van der Waals surface area contributed by atoms with Gasteiger partial charge in [-0.05, 0) is 24.5 Å². The first-order chi connectivity index (χ1) is 8.85. The highest BCUT2D eigenvalue weighted by Crippen LogP contribution is 2.27. The Bertz CT molecular complexity index is 480. The molecule has 0 bridgehead atoms. The normalized spacial score (nSPS) is 10.1. The van der Waals surface area contributed by atoms with Gasteiger partial charge in [0.2, 0.25) is 5.88 Å². The lowest BCUT2D eigenvalue weighted by molar-refractivity contribution is 0.292. The second-order valence-electron chi connectivity index (χ2n) is 3.69. The summed E-state index contributed by atoms with van der Waals surface area (Å²) in [4.78, 5) is 5.38. The number of pyridine rings is 1. The summed E-state index contributed by atoms with van der Waals surface area (Å²) in [5.41, 5.74) is 2.26. The monoisotopic (exact) mass is 260 g/mol. The van der Waals surface area contributed by atoms with Crippen LogP contribution in [0.25, 0.3) is 0 Å². The van der Waals surface area contributed by atoms with Crippen molar-refractivity contribution in [3.63, 3.8) is 0 Å².